The van der Waals surface area contributed by atoms with Crippen LogP contribution in [0.25, 0.3) is 0 Å². The summed E-state index contributed by atoms with van der Waals surface area (Å²) in [4.78, 5) is 0. The van der Waals surface area contributed by atoms with E-state index in [0.717, 1.165) is 11.8 Å². The van der Waals surface area contributed by atoms with Gasteiger partial charge in [0, 0.05) is 11.8 Å². The van der Waals surface area contributed by atoms with Gasteiger partial charge in [-0.1, -0.05) is 23.8 Å². The van der Waals surface area contributed by atoms with Gasteiger partial charge < -0.3 is 0 Å². The van der Waals surface area contributed by atoms with Gasteiger partial charge >= 0.3 is 0 Å². The van der Waals surface area contributed by atoms with Crippen molar-refractivity contribution in [1.29, 1.82) is 0 Å². The number of hydrogen-bond donors (Lipinski definition) is 0. The SMILES string of the molecule is C/C=C1/C(=C(C)C)C2C=CC1C2. The van der Waals surface area contributed by atoms with Crippen molar-refractivity contribution >= 4 is 0 Å². The van der Waals surface area contributed by atoms with E-state index in [1.807, 2.05) is 0 Å². The highest BCUT2D eigenvalue weighted by Crippen LogP contribution is 2.48. The van der Waals surface area contributed by atoms with Crippen LogP contribution in [-0.2, 0) is 0 Å². The summed E-state index contributed by atoms with van der Waals surface area (Å²) in [7, 11) is 0. The normalized spacial score (nSPS) is 35.2. The van der Waals surface area contributed by atoms with E-state index < -0.39 is 0 Å². The first-order chi connectivity index (χ1) is 5.74. The van der Waals surface area contributed by atoms with Gasteiger partial charge in [0.05, 0.1) is 0 Å². The zero-order chi connectivity index (χ0) is 8.72. The lowest BCUT2D eigenvalue weighted by molar-refractivity contribution is 0.733. The minimum Gasteiger partial charge on any atom is -0.0835 e. The molecule has 0 aromatic rings. The second-order valence-corrected chi connectivity index (χ2v) is 3.99. The second-order valence-electron chi connectivity index (χ2n) is 3.99. The van der Waals surface area contributed by atoms with E-state index in [9.17, 15) is 0 Å². The number of fused-ring (bicyclic) bond motifs is 2. The van der Waals surface area contributed by atoms with Crippen LogP contribution >= 0.6 is 0 Å². The molecule has 0 heteroatoms. The monoisotopic (exact) mass is 160 g/mol. The van der Waals surface area contributed by atoms with E-state index in [1.165, 1.54) is 12.0 Å². The smallest absolute Gasteiger partial charge is 0.00291 e. The Kier molecular flexibility index (Phi) is 1.71. The third-order valence-corrected chi connectivity index (χ3v) is 3.01. The molecule has 0 radical (unpaired) electrons. The van der Waals surface area contributed by atoms with Gasteiger partial charge in [0.1, 0.15) is 0 Å². The van der Waals surface area contributed by atoms with Crippen LogP contribution in [0.4, 0.5) is 0 Å². The molecule has 12 heavy (non-hydrogen) atoms. The molecule has 64 valence electrons. The van der Waals surface area contributed by atoms with Crippen molar-refractivity contribution in [3.05, 3.63) is 34.9 Å². The highest BCUT2D eigenvalue weighted by Gasteiger charge is 2.35. The van der Waals surface area contributed by atoms with Gasteiger partial charge in [-0.25, -0.2) is 0 Å². The lowest BCUT2D eigenvalue weighted by Crippen LogP contribution is -1.98. The van der Waals surface area contributed by atoms with Gasteiger partial charge in [-0.15, -0.1) is 0 Å². The second kappa shape index (κ2) is 2.62. The van der Waals surface area contributed by atoms with Crippen LogP contribution in [0, 0.1) is 11.8 Å². The van der Waals surface area contributed by atoms with Crippen molar-refractivity contribution in [3.63, 3.8) is 0 Å². The Bertz CT molecular complexity index is 285. The fraction of sp³-hybridized carbons (Fsp3) is 0.500. The standard InChI is InChI=1S/C12H16/c1-4-11-9-5-6-10(7-9)12(11)8(2)3/h4-6,9-10H,7H2,1-3H3/b11-4+. The van der Waals surface area contributed by atoms with Crippen molar-refractivity contribution in [2.75, 3.05) is 0 Å². The molecule has 0 aromatic carbocycles. The molecule has 2 atom stereocenters. The largest absolute Gasteiger partial charge is 0.0835 e. The maximum atomic E-state index is 2.38. The van der Waals surface area contributed by atoms with Gasteiger partial charge in [0.2, 0.25) is 0 Å². The Morgan fingerprint density at radius 2 is 2.00 bits per heavy atom. The molecule has 2 rings (SSSR count). The molecule has 2 unspecified atom stereocenters. The van der Waals surface area contributed by atoms with E-state index >= 15 is 0 Å². The first-order valence-electron chi connectivity index (χ1n) is 4.76. The summed E-state index contributed by atoms with van der Waals surface area (Å²) in [6.45, 7) is 6.62. The highest BCUT2D eigenvalue weighted by atomic mass is 14.4. The molecule has 0 spiro atoms. The molecule has 2 bridgehead atoms. The molecule has 2 aliphatic rings. The van der Waals surface area contributed by atoms with E-state index in [1.54, 1.807) is 11.1 Å². The average Bonchev–Trinajstić information content (AvgIpc) is 2.60. The molecule has 0 nitrogen and oxygen atoms in total. The average molecular weight is 160 g/mol. The maximum absolute atomic E-state index is 2.38. The first-order valence-corrected chi connectivity index (χ1v) is 4.76. The van der Waals surface area contributed by atoms with Gasteiger partial charge in [-0.05, 0) is 38.3 Å². The van der Waals surface area contributed by atoms with Crippen LogP contribution in [0.1, 0.15) is 27.2 Å². The van der Waals surface area contributed by atoms with Crippen LogP contribution in [0.2, 0.25) is 0 Å². The van der Waals surface area contributed by atoms with Gasteiger partial charge in [0.15, 0.2) is 0 Å². The minimum absolute atomic E-state index is 0.741. The van der Waals surface area contributed by atoms with Crippen molar-refractivity contribution in [3.8, 4) is 0 Å². The van der Waals surface area contributed by atoms with Crippen LogP contribution < -0.4 is 0 Å². The molecule has 0 N–H and O–H groups in total. The lowest BCUT2D eigenvalue weighted by atomic mass is 9.91. The van der Waals surface area contributed by atoms with Gasteiger partial charge in [0.25, 0.3) is 0 Å². The Morgan fingerprint density at radius 1 is 1.33 bits per heavy atom. The third kappa shape index (κ3) is 0.906. The Labute approximate surface area is 74.7 Å². The van der Waals surface area contributed by atoms with E-state index in [2.05, 4.69) is 39.0 Å². The molecule has 1 saturated carbocycles. The summed E-state index contributed by atoms with van der Waals surface area (Å²) >= 11 is 0. The first kappa shape index (κ1) is 7.85. The van der Waals surface area contributed by atoms with Gasteiger partial charge in [-0.3, -0.25) is 0 Å². The summed E-state index contributed by atoms with van der Waals surface area (Å²) in [5, 5.41) is 0. The topological polar surface area (TPSA) is 0 Å². The number of rotatable bonds is 0. The van der Waals surface area contributed by atoms with Crippen LogP contribution in [0.3, 0.4) is 0 Å². The van der Waals surface area contributed by atoms with Gasteiger partial charge in [-0.2, -0.15) is 0 Å². The van der Waals surface area contributed by atoms with Crippen LogP contribution in [-0.4, -0.2) is 0 Å². The van der Waals surface area contributed by atoms with Crippen LogP contribution in [0.15, 0.2) is 34.9 Å². The number of allylic oxidation sites excluding steroid dienone is 6. The van der Waals surface area contributed by atoms with E-state index in [4.69, 9.17) is 0 Å². The summed E-state index contributed by atoms with van der Waals surface area (Å²) < 4.78 is 0. The van der Waals surface area contributed by atoms with E-state index in [-0.39, 0.29) is 0 Å². The van der Waals surface area contributed by atoms with Crippen molar-refractivity contribution in [2.24, 2.45) is 11.8 Å². The molecule has 0 heterocycles. The highest BCUT2D eigenvalue weighted by molar-refractivity contribution is 5.49. The molecule has 0 saturated heterocycles. The Morgan fingerprint density at radius 3 is 2.50 bits per heavy atom. The van der Waals surface area contributed by atoms with Crippen molar-refractivity contribution < 1.29 is 0 Å². The fourth-order valence-electron chi connectivity index (χ4n) is 2.59. The molecular formula is C12H16. The maximum Gasteiger partial charge on any atom is 0.00291 e. The zero-order valence-corrected chi connectivity index (χ0v) is 8.09. The molecule has 0 aliphatic heterocycles. The predicted molar refractivity (Wildman–Crippen MR) is 52.9 cm³/mol. The predicted octanol–water partition coefficient (Wildman–Crippen LogP) is 3.48. The Balaban J connectivity index is 2.50. The molecule has 2 aliphatic carbocycles. The Hall–Kier alpha value is -0.780. The van der Waals surface area contributed by atoms with Crippen LogP contribution in [0.5, 0.6) is 0 Å². The molecule has 0 amide bonds. The lowest BCUT2D eigenvalue weighted by Gasteiger charge is -2.14. The summed E-state index contributed by atoms with van der Waals surface area (Å²) in [5.41, 5.74) is 4.70. The van der Waals surface area contributed by atoms with E-state index in [0.29, 0.717) is 0 Å². The zero-order valence-electron chi connectivity index (χ0n) is 8.09. The molecular weight excluding hydrogens is 144 g/mol. The molecule has 0 aromatic heterocycles. The van der Waals surface area contributed by atoms with Crippen molar-refractivity contribution in [1.82, 2.24) is 0 Å². The number of hydrogen-bond acceptors (Lipinski definition) is 0. The third-order valence-electron chi connectivity index (χ3n) is 3.01. The summed E-state index contributed by atoms with van der Waals surface area (Å²) in [6, 6.07) is 0. The summed E-state index contributed by atoms with van der Waals surface area (Å²) in [5.74, 6) is 1.48. The summed E-state index contributed by atoms with van der Waals surface area (Å²) in [6.07, 6.45) is 8.36. The molecule has 1 fully saturated rings. The van der Waals surface area contributed by atoms with Crippen molar-refractivity contribution in [2.45, 2.75) is 27.2 Å². The quantitative estimate of drug-likeness (QED) is 0.476. The minimum atomic E-state index is 0.741. The fourth-order valence-corrected chi connectivity index (χ4v) is 2.59.